The van der Waals surface area contributed by atoms with Crippen LogP contribution in [0.1, 0.15) is 34.4 Å². The normalized spacial score (nSPS) is 12.1. The molecule has 0 fully saturated rings. The van der Waals surface area contributed by atoms with Crippen LogP contribution in [0.5, 0.6) is 0 Å². The van der Waals surface area contributed by atoms with E-state index in [-0.39, 0.29) is 19.3 Å². The van der Waals surface area contributed by atoms with Crippen LogP contribution in [-0.4, -0.2) is 50.5 Å². The van der Waals surface area contributed by atoms with Crippen LogP contribution in [0.3, 0.4) is 0 Å². The van der Waals surface area contributed by atoms with E-state index in [4.69, 9.17) is 0 Å². The van der Waals surface area contributed by atoms with Crippen LogP contribution in [0.4, 0.5) is 0 Å². The number of amides is 2. The summed E-state index contributed by atoms with van der Waals surface area (Å²) in [5.74, 6) is 0.126. The van der Waals surface area contributed by atoms with E-state index in [1.165, 1.54) is 0 Å². The summed E-state index contributed by atoms with van der Waals surface area (Å²) in [6.45, 7) is 0.423. The second kappa shape index (κ2) is 10.3. The summed E-state index contributed by atoms with van der Waals surface area (Å²) >= 11 is 0. The van der Waals surface area contributed by atoms with Gasteiger partial charge in [0.15, 0.2) is 5.82 Å². The highest BCUT2D eigenvalue weighted by molar-refractivity contribution is 6.06. The van der Waals surface area contributed by atoms with Crippen molar-refractivity contribution in [3.63, 3.8) is 0 Å². The maximum absolute atomic E-state index is 13.7. The number of benzene rings is 3. The first-order chi connectivity index (χ1) is 17.9. The van der Waals surface area contributed by atoms with Crippen molar-refractivity contribution in [1.82, 2.24) is 24.3 Å². The molecule has 3 aromatic carbocycles. The Hall–Kier alpha value is -4.39. The molecule has 2 heterocycles. The minimum atomic E-state index is -0.222. The lowest BCUT2D eigenvalue weighted by molar-refractivity contribution is 0.0724. The average Bonchev–Trinajstić information content (AvgIpc) is 3.47. The highest BCUT2D eigenvalue weighted by Gasteiger charge is 2.24. The first-order valence-corrected chi connectivity index (χ1v) is 12.5. The Morgan fingerprint density at radius 3 is 2.46 bits per heavy atom. The smallest absolute Gasteiger partial charge is 0.287 e. The van der Waals surface area contributed by atoms with Gasteiger partial charge >= 0.3 is 0 Å². The van der Waals surface area contributed by atoms with Gasteiger partial charge in [-0.1, -0.05) is 48.5 Å². The summed E-state index contributed by atoms with van der Waals surface area (Å²) < 4.78 is 3.83. The van der Waals surface area contributed by atoms with Crippen LogP contribution in [0, 0.1) is 0 Å². The molecule has 7 nitrogen and oxygen atoms in total. The van der Waals surface area contributed by atoms with Crippen molar-refractivity contribution >= 4 is 33.8 Å². The summed E-state index contributed by atoms with van der Waals surface area (Å²) in [6, 6.07) is 25.5. The third-order valence-electron chi connectivity index (χ3n) is 7.09. The van der Waals surface area contributed by atoms with Crippen molar-refractivity contribution < 1.29 is 11.0 Å². The summed E-state index contributed by atoms with van der Waals surface area (Å²) in [5, 5.41) is 3.96. The molecule has 37 heavy (non-hydrogen) atoms. The number of carbonyl (C=O) groups is 2. The number of rotatable bonds is 8. The van der Waals surface area contributed by atoms with E-state index in [2.05, 4.69) is 22.4 Å². The lowest BCUT2D eigenvalue weighted by Crippen LogP contribution is -2.41. The van der Waals surface area contributed by atoms with E-state index in [0.29, 0.717) is 30.8 Å². The second-order valence-electron chi connectivity index (χ2n) is 9.45. The molecule has 0 aliphatic heterocycles. The van der Waals surface area contributed by atoms with Gasteiger partial charge in [0.2, 0.25) is 0 Å². The Kier molecular flexibility index (Phi) is 6.77. The predicted octanol–water partition coefficient (Wildman–Crippen LogP) is 4.81. The molecule has 2 aromatic heterocycles. The topological polar surface area (TPSA) is 72.2 Å². The molecule has 0 saturated heterocycles. The van der Waals surface area contributed by atoms with E-state index in [1.807, 2.05) is 108 Å². The molecule has 5 rings (SSSR count). The molecule has 7 heteroatoms. The van der Waals surface area contributed by atoms with Crippen molar-refractivity contribution in [2.75, 3.05) is 13.6 Å². The van der Waals surface area contributed by atoms with E-state index in [0.717, 1.165) is 27.5 Å². The van der Waals surface area contributed by atoms with Crippen LogP contribution in [0.25, 0.3) is 21.9 Å². The minimum absolute atomic E-state index is 0. The second-order valence-corrected chi connectivity index (χ2v) is 9.45. The van der Waals surface area contributed by atoms with E-state index in [1.54, 1.807) is 0 Å². The number of nitrogens with zero attached hydrogens (tertiary/aromatic N) is 4. The molecule has 0 aliphatic rings. The highest BCUT2D eigenvalue weighted by Crippen LogP contribution is 2.23. The van der Waals surface area contributed by atoms with Gasteiger partial charge in [0.25, 0.3) is 11.8 Å². The number of carbonyl (C=O) groups excluding carboxylic acids is 2. The maximum Gasteiger partial charge on any atom is 0.287 e. The van der Waals surface area contributed by atoms with Gasteiger partial charge in [0.05, 0.1) is 11.0 Å². The van der Waals surface area contributed by atoms with Crippen molar-refractivity contribution in [1.29, 1.82) is 0 Å². The number of hydrogen-bond acceptors (Lipinski definition) is 3. The summed E-state index contributed by atoms with van der Waals surface area (Å²) in [4.78, 5) is 33.0. The monoisotopic (exact) mass is 495 g/mol. The van der Waals surface area contributed by atoms with Crippen molar-refractivity contribution in [2.45, 2.75) is 18.9 Å². The number of aromatic nitrogens is 3. The number of likely N-dealkylation sites (N-methyl/N-ethyl adjacent to an activating group) is 1. The van der Waals surface area contributed by atoms with E-state index < -0.39 is 0 Å². The molecule has 190 valence electrons. The maximum atomic E-state index is 13.7. The number of para-hydroxylation sites is 2. The van der Waals surface area contributed by atoms with Crippen molar-refractivity contribution in [3.8, 4) is 0 Å². The van der Waals surface area contributed by atoms with Gasteiger partial charge in [-0.15, -0.1) is 0 Å². The quantitative estimate of drug-likeness (QED) is 0.336. The highest BCUT2D eigenvalue weighted by atomic mass is 16.2. The Labute approximate surface area is 217 Å². The van der Waals surface area contributed by atoms with Gasteiger partial charge in [-0.2, -0.15) is 0 Å². The SMILES string of the molecule is CN(C(=O)c1cccc2c1ccn2C)[C@H](CCNC(=O)c1nc2ccccc2n1C)Cc1ccccc1.[HH]. The van der Waals surface area contributed by atoms with Gasteiger partial charge < -0.3 is 19.4 Å². The zero-order valence-corrected chi connectivity index (χ0v) is 21.4. The largest absolute Gasteiger partial charge is 0.351 e. The summed E-state index contributed by atoms with van der Waals surface area (Å²) in [5.41, 5.74) is 4.55. The van der Waals surface area contributed by atoms with Crippen LogP contribution in [0.2, 0.25) is 0 Å². The fraction of sp³-hybridized carbons (Fsp3) is 0.233. The minimum Gasteiger partial charge on any atom is -0.351 e. The molecule has 0 aliphatic carbocycles. The number of aryl methyl sites for hydroxylation is 2. The third-order valence-corrected chi connectivity index (χ3v) is 7.09. The molecule has 1 N–H and O–H groups in total. The molecule has 0 unspecified atom stereocenters. The molecular weight excluding hydrogens is 462 g/mol. The molecule has 2 amide bonds. The first kappa shape index (κ1) is 24.3. The Balaban J connectivity index is 0.00000336. The summed E-state index contributed by atoms with van der Waals surface area (Å²) in [7, 11) is 5.68. The molecular formula is C30H33N5O2. The van der Waals surface area contributed by atoms with Crippen LogP contribution in [0.15, 0.2) is 85.1 Å². The number of hydrogen-bond donors (Lipinski definition) is 1. The van der Waals surface area contributed by atoms with Gasteiger partial charge in [0, 0.05) is 57.8 Å². The van der Waals surface area contributed by atoms with E-state index >= 15 is 0 Å². The predicted molar refractivity (Wildman–Crippen MR) is 149 cm³/mol. The average molecular weight is 496 g/mol. The Morgan fingerprint density at radius 2 is 1.68 bits per heavy atom. The zero-order chi connectivity index (χ0) is 25.9. The van der Waals surface area contributed by atoms with Crippen LogP contribution < -0.4 is 5.32 Å². The molecule has 0 saturated carbocycles. The van der Waals surface area contributed by atoms with Gasteiger partial charge in [0.1, 0.15) is 0 Å². The standard InChI is InChI=1S/C30H31N5O2.H2/c1-33-19-17-23-24(12-9-15-26(23)33)30(37)34(2)22(20-21-10-5-4-6-11-21)16-18-31-29(36)28-32-25-13-7-8-14-27(25)35(28)3;/h4-15,17,19,22H,16,18,20H2,1-3H3,(H,31,36);1H/t22-;/m1./s1. The third kappa shape index (κ3) is 4.85. The first-order valence-electron chi connectivity index (χ1n) is 12.5. The molecule has 5 aromatic rings. The number of nitrogens with one attached hydrogen (secondary N) is 1. The lowest BCUT2D eigenvalue weighted by Gasteiger charge is -2.29. The number of fused-ring (bicyclic) bond motifs is 2. The van der Waals surface area contributed by atoms with Gasteiger partial charge in [-0.05, 0) is 48.7 Å². The van der Waals surface area contributed by atoms with Crippen molar-refractivity contribution in [2.24, 2.45) is 14.1 Å². The molecule has 0 spiro atoms. The Bertz CT molecular complexity index is 1570. The fourth-order valence-corrected chi connectivity index (χ4v) is 4.94. The van der Waals surface area contributed by atoms with Crippen molar-refractivity contribution in [3.05, 3.63) is 102 Å². The molecule has 1 atom stereocenters. The van der Waals surface area contributed by atoms with Gasteiger partial charge in [-0.3, -0.25) is 9.59 Å². The molecule has 0 radical (unpaired) electrons. The zero-order valence-electron chi connectivity index (χ0n) is 21.4. The lowest BCUT2D eigenvalue weighted by atomic mass is 10.0. The Morgan fingerprint density at radius 1 is 0.946 bits per heavy atom. The van der Waals surface area contributed by atoms with E-state index in [9.17, 15) is 9.59 Å². The molecule has 0 bridgehead atoms. The van der Waals surface area contributed by atoms with Crippen LogP contribution >= 0.6 is 0 Å². The number of imidazole rings is 1. The fourth-order valence-electron chi connectivity index (χ4n) is 4.94. The van der Waals surface area contributed by atoms with Gasteiger partial charge in [-0.25, -0.2) is 4.98 Å². The van der Waals surface area contributed by atoms with Crippen LogP contribution in [-0.2, 0) is 20.5 Å². The summed E-state index contributed by atoms with van der Waals surface area (Å²) in [6.07, 6.45) is 3.27.